The Balaban J connectivity index is 1.60. The number of ether oxygens (including phenoxy) is 1. The van der Waals surface area contributed by atoms with Crippen LogP contribution in [0.4, 0.5) is 5.69 Å². The van der Waals surface area contributed by atoms with E-state index in [0.717, 1.165) is 18.5 Å². The maximum absolute atomic E-state index is 12.5. The Morgan fingerprint density at radius 2 is 1.86 bits per heavy atom. The second-order valence-corrected chi connectivity index (χ2v) is 9.41. The van der Waals surface area contributed by atoms with Gasteiger partial charge in [0.25, 0.3) is 0 Å². The first-order valence-electron chi connectivity index (χ1n) is 9.64. The number of thiazole rings is 1. The monoisotopic (exact) mass is 416 g/mol. The smallest absolute Gasteiger partial charge is 0.313 e. The highest BCUT2D eigenvalue weighted by atomic mass is 32.1. The van der Waals surface area contributed by atoms with Crippen molar-refractivity contribution in [2.45, 2.75) is 64.3 Å². The topological polar surface area (TPSA) is 92.4 Å². The number of carbonyl (C=O) groups is 2. The molecule has 1 aliphatic heterocycles. The fraction of sp³-hybridized carbons (Fsp3) is 0.476. The lowest BCUT2D eigenvalue weighted by molar-refractivity contribution is -0.137. The predicted octanol–water partition coefficient (Wildman–Crippen LogP) is 3.09. The Morgan fingerprint density at radius 3 is 2.52 bits per heavy atom. The third kappa shape index (κ3) is 6.01. The van der Waals surface area contributed by atoms with Gasteiger partial charge in [0.2, 0.25) is 0 Å². The van der Waals surface area contributed by atoms with Crippen molar-refractivity contribution in [2.24, 2.45) is 0 Å². The highest BCUT2D eigenvalue weighted by Gasteiger charge is 2.38. The van der Waals surface area contributed by atoms with E-state index < -0.39 is 11.8 Å². The van der Waals surface area contributed by atoms with Crippen LogP contribution in [0.5, 0.6) is 5.75 Å². The Hall–Kier alpha value is -2.45. The number of nitrogens with zero attached hydrogens (tertiary/aromatic N) is 1. The molecule has 3 rings (SSSR count). The van der Waals surface area contributed by atoms with Crippen molar-refractivity contribution in [1.29, 1.82) is 0 Å². The number of amides is 2. The van der Waals surface area contributed by atoms with Gasteiger partial charge in [0.1, 0.15) is 12.4 Å². The van der Waals surface area contributed by atoms with Crippen molar-refractivity contribution >= 4 is 28.8 Å². The summed E-state index contributed by atoms with van der Waals surface area (Å²) in [7, 11) is 0. The normalized spacial score (nSPS) is 18.1. The number of benzene rings is 1. The summed E-state index contributed by atoms with van der Waals surface area (Å²) in [5.74, 6) is -0.854. The molecular weight excluding hydrogens is 388 g/mol. The summed E-state index contributed by atoms with van der Waals surface area (Å²) in [5.41, 5.74) is 2.76. The molecule has 3 N–H and O–H groups in total. The molecule has 0 bridgehead atoms. The zero-order valence-corrected chi connectivity index (χ0v) is 18.1. The van der Waals surface area contributed by atoms with Crippen LogP contribution in [0.15, 0.2) is 35.2 Å². The maximum atomic E-state index is 12.5. The van der Waals surface area contributed by atoms with Gasteiger partial charge in [-0.05, 0) is 52.7 Å². The van der Waals surface area contributed by atoms with Crippen molar-refractivity contribution < 1.29 is 14.3 Å². The van der Waals surface area contributed by atoms with Gasteiger partial charge < -0.3 is 20.7 Å². The molecule has 2 heterocycles. The molecule has 2 amide bonds. The molecule has 1 saturated heterocycles. The van der Waals surface area contributed by atoms with Crippen LogP contribution >= 0.6 is 11.3 Å². The van der Waals surface area contributed by atoms with Gasteiger partial charge in [0, 0.05) is 22.5 Å². The number of para-hydroxylation sites is 2. The van der Waals surface area contributed by atoms with E-state index in [1.807, 2.05) is 11.4 Å². The number of carbonyl (C=O) groups excluding carboxylic acids is 2. The van der Waals surface area contributed by atoms with Crippen LogP contribution in [0.2, 0.25) is 0 Å². The Morgan fingerprint density at radius 1 is 1.17 bits per heavy atom. The minimum absolute atomic E-state index is 0.0735. The van der Waals surface area contributed by atoms with Crippen molar-refractivity contribution in [1.82, 2.24) is 15.6 Å². The first kappa shape index (κ1) is 21.3. The zero-order chi connectivity index (χ0) is 21.1. The summed E-state index contributed by atoms with van der Waals surface area (Å²) < 4.78 is 5.76. The fourth-order valence-electron chi connectivity index (χ4n) is 4.01. The second kappa shape index (κ2) is 8.51. The number of aromatic nitrogens is 1. The van der Waals surface area contributed by atoms with Crippen LogP contribution in [-0.2, 0) is 16.2 Å². The highest BCUT2D eigenvalue weighted by Crippen LogP contribution is 2.29. The van der Waals surface area contributed by atoms with Crippen molar-refractivity contribution in [3.05, 3.63) is 40.8 Å². The van der Waals surface area contributed by atoms with Gasteiger partial charge in [-0.1, -0.05) is 12.1 Å². The van der Waals surface area contributed by atoms with Crippen LogP contribution in [0.25, 0.3) is 0 Å². The number of hydrogen-bond acceptors (Lipinski definition) is 6. The molecular formula is C21H28N4O3S. The summed E-state index contributed by atoms with van der Waals surface area (Å²) >= 11 is 1.49. The van der Waals surface area contributed by atoms with Gasteiger partial charge in [-0.15, -0.1) is 11.3 Å². The van der Waals surface area contributed by atoms with E-state index in [4.69, 9.17) is 4.74 Å². The molecule has 0 unspecified atom stereocenters. The van der Waals surface area contributed by atoms with Crippen LogP contribution < -0.4 is 20.7 Å². The van der Waals surface area contributed by atoms with Crippen LogP contribution in [0, 0.1) is 0 Å². The average Bonchev–Trinajstić information content (AvgIpc) is 3.11. The van der Waals surface area contributed by atoms with Gasteiger partial charge in [0.05, 0.1) is 16.9 Å². The number of anilines is 1. The SMILES string of the molecule is CC1(C)CC(NC(=O)C(=O)Nc2ccccc2OCc2cscn2)CC(C)(C)N1. The summed E-state index contributed by atoms with van der Waals surface area (Å²) in [4.78, 5) is 29.2. The summed E-state index contributed by atoms with van der Waals surface area (Å²) in [6.45, 7) is 8.69. The summed E-state index contributed by atoms with van der Waals surface area (Å²) in [5, 5.41) is 11.0. The molecule has 156 valence electrons. The number of hydrogen-bond donors (Lipinski definition) is 3. The molecule has 1 fully saturated rings. The van der Waals surface area contributed by atoms with E-state index in [-0.39, 0.29) is 17.1 Å². The Bertz CT molecular complexity index is 849. The fourth-order valence-corrected chi connectivity index (χ4v) is 4.55. The van der Waals surface area contributed by atoms with Gasteiger partial charge in [0.15, 0.2) is 0 Å². The Kier molecular flexibility index (Phi) is 6.24. The lowest BCUT2D eigenvalue weighted by Crippen LogP contribution is -2.62. The minimum atomic E-state index is -0.705. The molecule has 1 aromatic heterocycles. The molecule has 0 atom stereocenters. The third-order valence-corrected chi connectivity index (χ3v) is 5.36. The molecule has 1 aromatic carbocycles. The highest BCUT2D eigenvalue weighted by molar-refractivity contribution is 7.07. The molecule has 0 spiro atoms. The molecule has 0 saturated carbocycles. The molecule has 0 aliphatic carbocycles. The zero-order valence-electron chi connectivity index (χ0n) is 17.2. The lowest BCUT2D eigenvalue weighted by Gasteiger charge is -2.46. The second-order valence-electron chi connectivity index (χ2n) is 8.69. The minimum Gasteiger partial charge on any atom is -0.485 e. The van der Waals surface area contributed by atoms with Crippen LogP contribution in [-0.4, -0.2) is 33.9 Å². The summed E-state index contributed by atoms with van der Waals surface area (Å²) in [6.07, 6.45) is 1.51. The van der Waals surface area contributed by atoms with E-state index in [1.54, 1.807) is 23.7 Å². The van der Waals surface area contributed by atoms with Crippen LogP contribution in [0.3, 0.4) is 0 Å². The predicted molar refractivity (Wildman–Crippen MR) is 114 cm³/mol. The molecule has 7 nitrogen and oxygen atoms in total. The number of rotatable bonds is 5. The standard InChI is InChI=1S/C21H28N4O3S/c1-20(2)9-14(10-21(3,4)25-20)23-18(26)19(27)24-16-7-5-6-8-17(16)28-11-15-12-29-13-22-15/h5-8,12-14,25H,9-11H2,1-4H3,(H,23,26)(H,24,27). The molecule has 29 heavy (non-hydrogen) atoms. The van der Waals surface area contributed by atoms with Crippen molar-refractivity contribution in [3.63, 3.8) is 0 Å². The quantitative estimate of drug-likeness (QED) is 0.652. The van der Waals surface area contributed by atoms with Crippen LogP contribution in [0.1, 0.15) is 46.2 Å². The number of piperidine rings is 1. The van der Waals surface area contributed by atoms with Crippen molar-refractivity contribution in [2.75, 3.05) is 5.32 Å². The van der Waals surface area contributed by atoms with Gasteiger partial charge in [-0.25, -0.2) is 4.98 Å². The van der Waals surface area contributed by atoms with Gasteiger partial charge in [-0.2, -0.15) is 0 Å². The maximum Gasteiger partial charge on any atom is 0.313 e. The van der Waals surface area contributed by atoms with E-state index in [2.05, 4.69) is 48.6 Å². The third-order valence-electron chi connectivity index (χ3n) is 4.73. The van der Waals surface area contributed by atoms with E-state index >= 15 is 0 Å². The summed E-state index contributed by atoms with van der Waals surface area (Å²) in [6, 6.07) is 6.97. The molecule has 2 aromatic rings. The first-order chi connectivity index (χ1) is 13.6. The molecule has 8 heteroatoms. The molecule has 0 radical (unpaired) electrons. The van der Waals surface area contributed by atoms with E-state index in [1.165, 1.54) is 11.3 Å². The first-order valence-corrected chi connectivity index (χ1v) is 10.6. The molecule has 1 aliphatic rings. The Labute approximate surface area is 175 Å². The van der Waals surface area contributed by atoms with Crippen molar-refractivity contribution in [3.8, 4) is 5.75 Å². The lowest BCUT2D eigenvalue weighted by atomic mass is 9.79. The largest absolute Gasteiger partial charge is 0.485 e. The van der Waals surface area contributed by atoms with Gasteiger partial charge >= 0.3 is 11.8 Å². The van der Waals surface area contributed by atoms with E-state index in [9.17, 15) is 9.59 Å². The number of nitrogens with one attached hydrogen (secondary N) is 3. The average molecular weight is 417 g/mol. The van der Waals surface area contributed by atoms with Gasteiger partial charge in [-0.3, -0.25) is 9.59 Å². The van der Waals surface area contributed by atoms with E-state index in [0.29, 0.717) is 18.0 Å².